The van der Waals surface area contributed by atoms with Gasteiger partial charge in [0, 0.05) is 5.75 Å². The molecule has 3 nitrogen and oxygen atoms in total. The second-order valence-corrected chi connectivity index (χ2v) is 2.58. The Morgan fingerprint density at radius 1 is 1.80 bits per heavy atom. The Kier molecular flexibility index (Phi) is 4.49. The molecule has 4 heteroatoms. The first-order valence-corrected chi connectivity index (χ1v) is 3.59. The second-order valence-electron chi connectivity index (χ2n) is 1.48. The molecular weight excluding hydrogens is 150 g/mol. The van der Waals surface area contributed by atoms with Crippen molar-refractivity contribution in [1.82, 2.24) is 0 Å². The molecule has 0 aliphatic rings. The fraction of sp³-hybridized carbons (Fsp3) is 0.167. The van der Waals surface area contributed by atoms with Gasteiger partial charge in [-0.05, 0) is 0 Å². The molecular formula is C6H9NO2S. The van der Waals surface area contributed by atoms with E-state index in [4.69, 9.17) is 10.8 Å². The van der Waals surface area contributed by atoms with Crippen LogP contribution in [-0.4, -0.2) is 16.8 Å². The number of carboxylic acids is 1. The van der Waals surface area contributed by atoms with Crippen molar-refractivity contribution in [3.8, 4) is 0 Å². The molecule has 0 aliphatic heterocycles. The lowest BCUT2D eigenvalue weighted by molar-refractivity contribution is -0.131. The van der Waals surface area contributed by atoms with Gasteiger partial charge < -0.3 is 10.8 Å². The Morgan fingerprint density at radius 3 is 2.80 bits per heavy atom. The maximum atomic E-state index is 9.98. The van der Waals surface area contributed by atoms with E-state index in [0.717, 1.165) is 6.08 Å². The van der Waals surface area contributed by atoms with Crippen LogP contribution in [0.15, 0.2) is 23.8 Å². The SMILES string of the molecule is C=CCS/C(N)=C/C(=O)O. The monoisotopic (exact) mass is 159 g/mol. The Bertz CT molecular complexity index is 165. The second kappa shape index (κ2) is 4.93. The Labute approximate surface area is 63.6 Å². The van der Waals surface area contributed by atoms with Gasteiger partial charge in [0.2, 0.25) is 0 Å². The van der Waals surface area contributed by atoms with Gasteiger partial charge in [-0.3, -0.25) is 0 Å². The van der Waals surface area contributed by atoms with E-state index in [1.165, 1.54) is 11.8 Å². The summed E-state index contributed by atoms with van der Waals surface area (Å²) in [5.41, 5.74) is 5.26. The van der Waals surface area contributed by atoms with E-state index in [-0.39, 0.29) is 0 Å². The van der Waals surface area contributed by atoms with Crippen molar-refractivity contribution < 1.29 is 9.90 Å². The molecule has 0 atom stereocenters. The number of carboxylic acid groups (broad SMARTS) is 1. The highest BCUT2D eigenvalue weighted by atomic mass is 32.2. The molecule has 10 heavy (non-hydrogen) atoms. The van der Waals surface area contributed by atoms with Crippen LogP contribution in [0.1, 0.15) is 0 Å². The summed E-state index contributed by atoms with van der Waals surface area (Å²) < 4.78 is 0. The molecule has 0 saturated heterocycles. The first kappa shape index (κ1) is 9.10. The van der Waals surface area contributed by atoms with Crippen molar-refractivity contribution in [2.24, 2.45) is 5.73 Å². The van der Waals surface area contributed by atoms with Crippen LogP contribution in [0.4, 0.5) is 0 Å². The standard InChI is InChI=1S/C6H9NO2S/c1-2-3-10-5(7)4-6(8)9/h2,4H,1,3,7H2,(H,8,9)/b5-4+. The molecule has 0 fully saturated rings. The number of hydrogen-bond acceptors (Lipinski definition) is 3. The molecule has 3 N–H and O–H groups in total. The summed E-state index contributed by atoms with van der Waals surface area (Å²) in [5, 5.41) is 8.49. The summed E-state index contributed by atoms with van der Waals surface area (Å²) in [6.45, 7) is 3.46. The van der Waals surface area contributed by atoms with Crippen LogP contribution in [0, 0.1) is 0 Å². The van der Waals surface area contributed by atoms with E-state index < -0.39 is 5.97 Å². The van der Waals surface area contributed by atoms with Crippen molar-refractivity contribution in [1.29, 1.82) is 0 Å². The molecule has 56 valence electrons. The van der Waals surface area contributed by atoms with E-state index in [1.807, 2.05) is 0 Å². The number of rotatable bonds is 4. The minimum Gasteiger partial charge on any atom is -0.478 e. The van der Waals surface area contributed by atoms with Crippen molar-refractivity contribution in [2.75, 3.05) is 5.75 Å². The minimum atomic E-state index is -1.02. The van der Waals surface area contributed by atoms with Crippen LogP contribution in [0.5, 0.6) is 0 Å². The summed E-state index contributed by atoms with van der Waals surface area (Å²) in [4.78, 5) is 9.98. The van der Waals surface area contributed by atoms with Crippen LogP contribution in [0.3, 0.4) is 0 Å². The maximum absolute atomic E-state index is 9.98. The van der Waals surface area contributed by atoms with Crippen LogP contribution in [0.2, 0.25) is 0 Å². The maximum Gasteiger partial charge on any atom is 0.330 e. The Balaban J connectivity index is 3.70. The quantitative estimate of drug-likeness (QED) is 0.470. The summed E-state index contributed by atoms with van der Waals surface area (Å²) in [7, 11) is 0. The topological polar surface area (TPSA) is 63.3 Å². The van der Waals surface area contributed by atoms with Gasteiger partial charge in [0.05, 0.1) is 11.1 Å². The molecule has 0 unspecified atom stereocenters. The minimum absolute atomic E-state index is 0.299. The van der Waals surface area contributed by atoms with Crippen molar-refractivity contribution in [2.45, 2.75) is 0 Å². The Hall–Kier alpha value is -0.900. The van der Waals surface area contributed by atoms with Gasteiger partial charge in [0.15, 0.2) is 0 Å². The zero-order chi connectivity index (χ0) is 7.98. The number of nitrogens with two attached hydrogens (primary N) is 1. The van der Waals surface area contributed by atoms with E-state index in [9.17, 15) is 4.79 Å². The van der Waals surface area contributed by atoms with Gasteiger partial charge in [-0.15, -0.1) is 18.3 Å². The molecule has 0 aromatic rings. The summed E-state index contributed by atoms with van der Waals surface area (Å²) in [5.74, 6) is -0.385. The number of hydrogen-bond donors (Lipinski definition) is 2. The van der Waals surface area contributed by atoms with Crippen LogP contribution in [0.25, 0.3) is 0 Å². The van der Waals surface area contributed by atoms with Crippen molar-refractivity contribution >= 4 is 17.7 Å². The highest BCUT2D eigenvalue weighted by Crippen LogP contribution is 2.07. The molecule has 0 saturated carbocycles. The molecule has 0 amide bonds. The van der Waals surface area contributed by atoms with Crippen LogP contribution < -0.4 is 5.73 Å². The predicted molar refractivity (Wildman–Crippen MR) is 42.6 cm³/mol. The van der Waals surface area contributed by atoms with Crippen molar-refractivity contribution in [3.05, 3.63) is 23.8 Å². The summed E-state index contributed by atoms with van der Waals surface area (Å²) in [6, 6.07) is 0. The van der Waals surface area contributed by atoms with Gasteiger partial charge >= 0.3 is 5.97 Å². The Morgan fingerprint density at radius 2 is 2.40 bits per heavy atom. The van der Waals surface area contributed by atoms with Crippen LogP contribution >= 0.6 is 11.8 Å². The molecule has 0 aliphatic carbocycles. The highest BCUT2D eigenvalue weighted by molar-refractivity contribution is 8.03. The van der Waals surface area contributed by atoms with E-state index >= 15 is 0 Å². The molecule has 0 spiro atoms. The fourth-order valence-corrected chi connectivity index (χ4v) is 0.813. The number of aliphatic carboxylic acids is 1. The highest BCUT2D eigenvalue weighted by Gasteiger charge is 1.92. The van der Waals surface area contributed by atoms with E-state index in [0.29, 0.717) is 10.8 Å². The zero-order valence-electron chi connectivity index (χ0n) is 5.41. The van der Waals surface area contributed by atoms with Gasteiger partial charge in [-0.25, -0.2) is 4.79 Å². The normalized spacial score (nSPS) is 11.0. The third-order valence-corrected chi connectivity index (χ3v) is 1.49. The first-order valence-electron chi connectivity index (χ1n) is 2.60. The lowest BCUT2D eigenvalue weighted by Crippen LogP contribution is -1.98. The smallest absolute Gasteiger partial charge is 0.330 e. The average molecular weight is 159 g/mol. The third kappa shape index (κ3) is 5.24. The lowest BCUT2D eigenvalue weighted by Gasteiger charge is -1.93. The molecule has 0 bridgehead atoms. The largest absolute Gasteiger partial charge is 0.478 e. The molecule has 0 aromatic heterocycles. The van der Waals surface area contributed by atoms with Gasteiger partial charge in [-0.1, -0.05) is 6.08 Å². The third-order valence-electron chi connectivity index (χ3n) is 0.634. The van der Waals surface area contributed by atoms with Crippen LogP contribution in [-0.2, 0) is 4.79 Å². The van der Waals surface area contributed by atoms with Gasteiger partial charge in [0.1, 0.15) is 0 Å². The van der Waals surface area contributed by atoms with E-state index in [2.05, 4.69) is 6.58 Å². The fourth-order valence-electron chi connectivity index (χ4n) is 0.319. The zero-order valence-corrected chi connectivity index (χ0v) is 6.23. The average Bonchev–Trinajstić information content (AvgIpc) is 1.82. The molecule has 0 aromatic carbocycles. The number of carbonyl (C=O) groups is 1. The lowest BCUT2D eigenvalue weighted by atomic mass is 10.6. The first-order chi connectivity index (χ1) is 4.66. The molecule has 0 rings (SSSR count). The molecule has 0 heterocycles. The molecule has 0 radical (unpaired) electrons. The summed E-state index contributed by atoms with van der Waals surface area (Å²) >= 11 is 1.24. The van der Waals surface area contributed by atoms with Gasteiger partial charge in [-0.2, -0.15) is 0 Å². The van der Waals surface area contributed by atoms with E-state index in [1.54, 1.807) is 6.08 Å². The predicted octanol–water partition coefficient (Wildman–Crippen LogP) is 0.790. The summed E-state index contributed by atoms with van der Waals surface area (Å²) in [6.07, 6.45) is 2.63. The number of thioether (sulfide) groups is 1. The van der Waals surface area contributed by atoms with Crippen molar-refractivity contribution in [3.63, 3.8) is 0 Å². The van der Waals surface area contributed by atoms with Gasteiger partial charge in [0.25, 0.3) is 0 Å².